The lowest BCUT2D eigenvalue weighted by Crippen LogP contribution is -2.46. The van der Waals surface area contributed by atoms with E-state index in [1.165, 1.54) is 24.0 Å². The highest BCUT2D eigenvalue weighted by Gasteiger charge is 2.40. The lowest BCUT2D eigenvalue weighted by atomic mass is 10.1. The van der Waals surface area contributed by atoms with Crippen LogP contribution in [0.1, 0.15) is 23.7 Å². The molecule has 3 aromatic rings. The summed E-state index contributed by atoms with van der Waals surface area (Å²) in [7, 11) is 0. The highest BCUT2D eigenvalue weighted by atomic mass is 19.4. The molecule has 1 saturated heterocycles. The summed E-state index contributed by atoms with van der Waals surface area (Å²) in [5.74, 6) is -3.37. The molecule has 0 bridgehead atoms. The summed E-state index contributed by atoms with van der Waals surface area (Å²) in [4.78, 5) is 31.6. The Labute approximate surface area is 200 Å². The van der Waals surface area contributed by atoms with Gasteiger partial charge in [0.2, 0.25) is 5.43 Å². The molecular weight excluding hydrogens is 491 g/mol. The number of hydrogen-bond donors (Lipinski definition) is 3. The summed E-state index contributed by atoms with van der Waals surface area (Å²) >= 11 is 0. The van der Waals surface area contributed by atoms with Gasteiger partial charge in [-0.2, -0.15) is 13.2 Å². The third kappa shape index (κ3) is 4.63. The molecule has 0 aliphatic carbocycles. The number of aromatic nitrogens is 2. The third-order valence-electron chi connectivity index (χ3n) is 5.95. The number of anilines is 1. The van der Waals surface area contributed by atoms with Gasteiger partial charge in [-0.05, 0) is 30.7 Å². The number of aliphatic hydroxyl groups is 2. The lowest BCUT2D eigenvalue weighted by molar-refractivity contribution is -0.153. The summed E-state index contributed by atoms with van der Waals surface area (Å²) < 4.78 is 69.8. The van der Waals surface area contributed by atoms with Crippen molar-refractivity contribution in [1.82, 2.24) is 14.9 Å². The normalized spacial score (nSPS) is 19.1. The maximum absolute atomic E-state index is 14.7. The maximum atomic E-state index is 14.7. The monoisotopic (exact) mass is 512 g/mol. The van der Waals surface area contributed by atoms with E-state index in [1.54, 1.807) is 5.32 Å². The zero-order valence-corrected chi connectivity index (χ0v) is 18.8. The predicted molar refractivity (Wildman–Crippen MR) is 119 cm³/mol. The van der Waals surface area contributed by atoms with Gasteiger partial charge < -0.3 is 20.4 Å². The number of para-hydroxylation sites is 1. The molecule has 2 aromatic heterocycles. The molecule has 1 fully saturated rings. The van der Waals surface area contributed by atoms with Crippen molar-refractivity contribution in [2.24, 2.45) is 0 Å². The summed E-state index contributed by atoms with van der Waals surface area (Å²) in [6.45, 7) is 1.19. The number of alkyl halides is 3. The van der Waals surface area contributed by atoms with Crippen LogP contribution < -0.4 is 15.6 Å². The first kappa shape index (κ1) is 25.5. The first-order valence-electron chi connectivity index (χ1n) is 10.9. The molecule has 13 heteroatoms. The minimum Gasteiger partial charge on any atom is -0.389 e. The predicted octanol–water partition coefficient (Wildman–Crippen LogP) is 2.28. The van der Waals surface area contributed by atoms with Crippen molar-refractivity contribution >= 4 is 22.8 Å². The van der Waals surface area contributed by atoms with Crippen LogP contribution in [0.25, 0.3) is 16.7 Å². The molecule has 3 atom stereocenters. The van der Waals surface area contributed by atoms with E-state index >= 15 is 0 Å². The minimum absolute atomic E-state index is 0.00565. The summed E-state index contributed by atoms with van der Waals surface area (Å²) in [5, 5.41) is 21.2. The molecule has 1 aliphatic rings. The van der Waals surface area contributed by atoms with Gasteiger partial charge >= 0.3 is 6.18 Å². The van der Waals surface area contributed by atoms with Crippen LogP contribution in [0.15, 0.2) is 41.3 Å². The smallest absolute Gasteiger partial charge is 0.389 e. The molecule has 1 unspecified atom stereocenters. The number of fused-ring (bicyclic) bond motifs is 1. The number of hydrogen-bond acceptors (Lipinski definition) is 6. The van der Waals surface area contributed by atoms with E-state index in [-0.39, 0.29) is 29.9 Å². The molecule has 0 radical (unpaired) electrons. The molecular formula is C23H21F5N4O4. The van der Waals surface area contributed by atoms with Gasteiger partial charge in [-0.3, -0.25) is 14.2 Å². The number of halogens is 5. The molecule has 8 nitrogen and oxygen atoms in total. The van der Waals surface area contributed by atoms with E-state index in [1.807, 2.05) is 0 Å². The Morgan fingerprint density at radius 3 is 2.31 bits per heavy atom. The van der Waals surface area contributed by atoms with Crippen molar-refractivity contribution in [2.45, 2.75) is 37.8 Å². The number of nitrogens with one attached hydrogen (secondary N) is 1. The maximum Gasteiger partial charge on any atom is 0.408 e. The number of aliphatic hydroxyl groups excluding tert-OH is 2. The van der Waals surface area contributed by atoms with Crippen LogP contribution in [-0.4, -0.2) is 63.2 Å². The summed E-state index contributed by atoms with van der Waals surface area (Å²) in [6, 6.07) is 3.25. The van der Waals surface area contributed by atoms with Gasteiger partial charge in [0.05, 0.1) is 17.6 Å². The highest BCUT2D eigenvalue weighted by molar-refractivity contribution is 5.97. The fourth-order valence-corrected chi connectivity index (χ4v) is 4.03. The number of pyridine rings is 2. The van der Waals surface area contributed by atoms with E-state index in [0.717, 1.165) is 29.0 Å². The van der Waals surface area contributed by atoms with Crippen molar-refractivity contribution < 1.29 is 37.0 Å². The number of carbonyl (C=O) groups is 1. The number of rotatable bonds is 5. The van der Waals surface area contributed by atoms with E-state index in [9.17, 15) is 41.8 Å². The van der Waals surface area contributed by atoms with Crippen molar-refractivity contribution in [2.75, 3.05) is 18.0 Å². The molecule has 3 N–H and O–H groups in total. The first-order valence-corrected chi connectivity index (χ1v) is 10.9. The third-order valence-corrected chi connectivity index (χ3v) is 5.95. The second-order valence-corrected chi connectivity index (χ2v) is 8.37. The van der Waals surface area contributed by atoms with Crippen molar-refractivity contribution in [3.63, 3.8) is 0 Å². The Balaban J connectivity index is 1.92. The number of benzene rings is 1. The first-order chi connectivity index (χ1) is 16.9. The standard InChI is InChI=1S/C23H21F5N4O4/c1-2-17(23(26,27)28)29-22(36)12-8-32(19-13(24)4-3-5-14(19)25)21-11(20(12)35)6-7-18(30-21)31-9-15(33)16(34)10-31/h3-8,15-17,33-34H,2,9-10H2,1H3,(H,29,36)/t15-,16-,17?/m1/s1. The van der Waals surface area contributed by atoms with E-state index in [4.69, 9.17) is 0 Å². The van der Waals surface area contributed by atoms with Gasteiger partial charge in [0, 0.05) is 19.3 Å². The van der Waals surface area contributed by atoms with Gasteiger partial charge in [0.1, 0.15) is 34.7 Å². The Morgan fingerprint density at radius 2 is 1.75 bits per heavy atom. The Kier molecular flexibility index (Phi) is 6.71. The van der Waals surface area contributed by atoms with Gasteiger partial charge in [-0.1, -0.05) is 13.0 Å². The average molecular weight is 512 g/mol. The lowest BCUT2D eigenvalue weighted by Gasteiger charge is -2.21. The molecule has 0 spiro atoms. The number of β-amino-alcohol motifs (C(OH)–C–C–N with tert-alkyl or cyclic N) is 2. The second kappa shape index (κ2) is 9.47. The van der Waals surface area contributed by atoms with Gasteiger partial charge in [-0.15, -0.1) is 0 Å². The SMILES string of the molecule is CCC(NC(=O)c1cn(-c2c(F)cccc2F)c2nc(N3C[C@@H](O)[C@H](O)C3)ccc2c1=O)C(F)(F)F. The molecule has 192 valence electrons. The van der Waals surface area contributed by atoms with Crippen LogP contribution in [0.3, 0.4) is 0 Å². The zero-order chi connectivity index (χ0) is 26.4. The Morgan fingerprint density at radius 1 is 1.14 bits per heavy atom. The van der Waals surface area contributed by atoms with Crippen molar-refractivity contribution in [3.05, 3.63) is 63.9 Å². The van der Waals surface area contributed by atoms with Gasteiger partial charge in [-0.25, -0.2) is 13.8 Å². The van der Waals surface area contributed by atoms with E-state index < -0.39 is 65.1 Å². The van der Waals surface area contributed by atoms with Gasteiger partial charge in [0.15, 0.2) is 5.65 Å². The summed E-state index contributed by atoms with van der Waals surface area (Å²) in [6.07, 6.45) is -6.68. The van der Waals surface area contributed by atoms with Crippen LogP contribution in [0.2, 0.25) is 0 Å². The Hall–Kier alpha value is -3.58. The van der Waals surface area contributed by atoms with Crippen LogP contribution in [0.4, 0.5) is 27.8 Å². The largest absolute Gasteiger partial charge is 0.408 e. The fourth-order valence-electron chi connectivity index (χ4n) is 4.03. The van der Waals surface area contributed by atoms with Crippen molar-refractivity contribution in [3.8, 4) is 5.69 Å². The number of carbonyl (C=O) groups excluding carboxylic acids is 1. The van der Waals surface area contributed by atoms with Crippen LogP contribution in [0.5, 0.6) is 0 Å². The molecule has 1 amide bonds. The summed E-state index contributed by atoms with van der Waals surface area (Å²) in [5.41, 5.74) is -2.75. The highest BCUT2D eigenvalue weighted by Crippen LogP contribution is 2.26. The fraction of sp³-hybridized carbons (Fsp3) is 0.348. The number of nitrogens with zero attached hydrogens (tertiary/aromatic N) is 3. The molecule has 1 aromatic carbocycles. The molecule has 36 heavy (non-hydrogen) atoms. The Bertz CT molecular complexity index is 1350. The zero-order valence-electron chi connectivity index (χ0n) is 18.8. The van der Waals surface area contributed by atoms with Crippen LogP contribution >= 0.6 is 0 Å². The van der Waals surface area contributed by atoms with Gasteiger partial charge in [0.25, 0.3) is 5.91 Å². The van der Waals surface area contributed by atoms with E-state index in [2.05, 4.69) is 4.98 Å². The van der Waals surface area contributed by atoms with Crippen molar-refractivity contribution in [1.29, 1.82) is 0 Å². The van der Waals surface area contributed by atoms with Crippen LogP contribution in [-0.2, 0) is 0 Å². The minimum atomic E-state index is -4.78. The molecule has 1 aliphatic heterocycles. The van der Waals surface area contributed by atoms with Crippen LogP contribution in [0, 0.1) is 11.6 Å². The molecule has 3 heterocycles. The topological polar surface area (TPSA) is 108 Å². The average Bonchev–Trinajstić information content (AvgIpc) is 3.15. The molecule has 4 rings (SSSR count). The molecule has 0 saturated carbocycles. The quantitative estimate of drug-likeness (QED) is 0.453. The number of amides is 1. The van der Waals surface area contributed by atoms with E-state index in [0.29, 0.717) is 0 Å². The second-order valence-electron chi connectivity index (χ2n) is 8.37.